The van der Waals surface area contributed by atoms with Crippen molar-refractivity contribution in [2.24, 2.45) is 0 Å². The zero-order valence-electron chi connectivity index (χ0n) is 54.2. The quantitative estimate of drug-likeness (QED) is 0.0261. The third kappa shape index (κ3) is 67.1. The molecule has 0 aromatic rings. The van der Waals surface area contributed by atoms with Crippen LogP contribution in [0.3, 0.4) is 0 Å². The number of carbonyl (C=O) groups excluding carboxylic acids is 3. The van der Waals surface area contributed by atoms with Crippen LogP contribution in [-0.4, -0.2) is 37.2 Å². The Balaban J connectivity index is 4.23. The molecule has 0 N–H and O–H groups in total. The predicted molar refractivity (Wildman–Crippen MR) is 357 cm³/mol. The molecule has 0 saturated carbocycles. The standard InChI is InChI=1S/C76H132O6/c1-4-7-10-13-16-19-22-25-28-30-32-33-34-35-36-37-38-39-40-41-42-43-45-46-48-51-54-57-60-63-66-69-75(78)81-72-73(71-80-74(77)68-65-62-59-56-53-50-27-24-21-18-15-12-9-6-3)82-76(79)70-67-64-61-58-55-52-49-47-44-31-29-26-23-20-17-14-11-8-5-2/h7-8,10-11,16-17,19-20,25-26,28-29,32-33,44,47,73H,4-6,9,12-15,18,21-24,27,30-31,34-43,45-46,48-72H2,1-3H3/b10-7-,11-8-,19-16-,20-17-,28-25-,29-26-,33-32-,47-44-. The molecule has 1 unspecified atom stereocenters. The zero-order valence-corrected chi connectivity index (χ0v) is 54.2. The third-order valence-electron chi connectivity index (χ3n) is 15.3. The maximum absolute atomic E-state index is 12.9. The molecular formula is C76H132O6. The van der Waals surface area contributed by atoms with E-state index in [-0.39, 0.29) is 31.1 Å². The topological polar surface area (TPSA) is 78.9 Å². The van der Waals surface area contributed by atoms with Gasteiger partial charge in [0.1, 0.15) is 13.2 Å². The van der Waals surface area contributed by atoms with E-state index in [0.29, 0.717) is 19.3 Å². The van der Waals surface area contributed by atoms with Gasteiger partial charge in [0.25, 0.3) is 0 Å². The van der Waals surface area contributed by atoms with E-state index in [2.05, 4.69) is 118 Å². The summed E-state index contributed by atoms with van der Waals surface area (Å²) in [6.07, 6.45) is 94.4. The molecule has 6 nitrogen and oxygen atoms in total. The summed E-state index contributed by atoms with van der Waals surface area (Å²) in [5, 5.41) is 0. The minimum absolute atomic E-state index is 0.0783. The number of allylic oxidation sites excluding steroid dienone is 16. The first kappa shape index (κ1) is 78.3. The van der Waals surface area contributed by atoms with E-state index in [1.807, 2.05) is 0 Å². The van der Waals surface area contributed by atoms with Crippen molar-refractivity contribution in [1.82, 2.24) is 0 Å². The lowest BCUT2D eigenvalue weighted by atomic mass is 10.0. The predicted octanol–water partition coefficient (Wildman–Crippen LogP) is 24.4. The fourth-order valence-corrected chi connectivity index (χ4v) is 10.1. The first-order valence-corrected chi connectivity index (χ1v) is 35.2. The Morgan fingerprint density at radius 3 is 0.744 bits per heavy atom. The Morgan fingerprint density at radius 1 is 0.256 bits per heavy atom. The van der Waals surface area contributed by atoms with Gasteiger partial charge in [-0.25, -0.2) is 0 Å². The zero-order chi connectivity index (χ0) is 59.2. The molecule has 1 atom stereocenters. The van der Waals surface area contributed by atoms with E-state index in [0.717, 1.165) is 122 Å². The van der Waals surface area contributed by atoms with Gasteiger partial charge in [-0.3, -0.25) is 14.4 Å². The van der Waals surface area contributed by atoms with Gasteiger partial charge in [0.15, 0.2) is 6.10 Å². The van der Waals surface area contributed by atoms with Gasteiger partial charge in [0.2, 0.25) is 0 Å². The molecule has 0 bridgehead atoms. The van der Waals surface area contributed by atoms with Crippen molar-refractivity contribution in [2.45, 2.75) is 354 Å². The molecule has 0 spiro atoms. The molecule has 472 valence electrons. The van der Waals surface area contributed by atoms with Gasteiger partial charge in [-0.1, -0.05) is 330 Å². The highest BCUT2D eigenvalue weighted by atomic mass is 16.6. The summed E-state index contributed by atoms with van der Waals surface area (Å²) >= 11 is 0. The lowest BCUT2D eigenvalue weighted by Crippen LogP contribution is -2.30. The van der Waals surface area contributed by atoms with E-state index in [4.69, 9.17) is 14.2 Å². The number of hydrogen-bond donors (Lipinski definition) is 0. The molecule has 6 heteroatoms. The van der Waals surface area contributed by atoms with Crippen molar-refractivity contribution < 1.29 is 28.6 Å². The molecule has 0 aromatic carbocycles. The van der Waals surface area contributed by atoms with Crippen LogP contribution in [0.25, 0.3) is 0 Å². The van der Waals surface area contributed by atoms with Gasteiger partial charge in [0, 0.05) is 19.3 Å². The molecule has 0 fully saturated rings. The van der Waals surface area contributed by atoms with Gasteiger partial charge in [-0.05, 0) is 96.3 Å². The van der Waals surface area contributed by atoms with Crippen LogP contribution in [0.15, 0.2) is 97.2 Å². The van der Waals surface area contributed by atoms with Crippen LogP contribution in [-0.2, 0) is 28.6 Å². The summed E-state index contributed by atoms with van der Waals surface area (Å²) in [5.41, 5.74) is 0. The average molecular weight is 1140 g/mol. The summed E-state index contributed by atoms with van der Waals surface area (Å²) in [4.78, 5) is 38.4. The first-order chi connectivity index (χ1) is 40.5. The van der Waals surface area contributed by atoms with Gasteiger partial charge in [0.05, 0.1) is 0 Å². The minimum atomic E-state index is -0.784. The summed E-state index contributed by atoms with van der Waals surface area (Å²) in [6.45, 7) is 6.45. The number of ether oxygens (including phenoxy) is 3. The normalized spacial score (nSPS) is 12.7. The lowest BCUT2D eigenvalue weighted by Gasteiger charge is -2.18. The number of unbranched alkanes of at least 4 members (excludes halogenated alkanes) is 37. The summed E-state index contributed by atoms with van der Waals surface area (Å²) < 4.78 is 17.0. The third-order valence-corrected chi connectivity index (χ3v) is 15.3. The van der Waals surface area contributed by atoms with Crippen LogP contribution in [0.1, 0.15) is 348 Å². The molecule has 0 aromatic heterocycles. The molecule has 0 amide bonds. The van der Waals surface area contributed by atoms with Crippen molar-refractivity contribution in [1.29, 1.82) is 0 Å². The molecule has 0 saturated heterocycles. The number of esters is 3. The van der Waals surface area contributed by atoms with Crippen LogP contribution < -0.4 is 0 Å². The fraction of sp³-hybridized carbons (Fsp3) is 0.750. The Kier molecular flexibility index (Phi) is 66.7. The van der Waals surface area contributed by atoms with Crippen LogP contribution in [0.4, 0.5) is 0 Å². The second-order valence-corrected chi connectivity index (χ2v) is 23.4. The van der Waals surface area contributed by atoms with Crippen LogP contribution in [0.2, 0.25) is 0 Å². The Bertz CT molecular complexity index is 1590. The van der Waals surface area contributed by atoms with Crippen molar-refractivity contribution in [3.05, 3.63) is 97.2 Å². The number of hydrogen-bond acceptors (Lipinski definition) is 6. The summed E-state index contributed by atoms with van der Waals surface area (Å²) in [7, 11) is 0. The van der Waals surface area contributed by atoms with Crippen LogP contribution >= 0.6 is 0 Å². The Morgan fingerprint density at radius 2 is 0.476 bits per heavy atom. The monoisotopic (exact) mass is 1140 g/mol. The maximum Gasteiger partial charge on any atom is 0.306 e. The summed E-state index contributed by atoms with van der Waals surface area (Å²) in [6, 6.07) is 0. The van der Waals surface area contributed by atoms with Crippen LogP contribution in [0, 0.1) is 0 Å². The molecule has 0 rings (SSSR count). The molecule has 0 aliphatic carbocycles. The second kappa shape index (κ2) is 69.8. The molecule has 0 aliphatic rings. The van der Waals surface area contributed by atoms with E-state index in [9.17, 15) is 14.4 Å². The highest BCUT2D eigenvalue weighted by molar-refractivity contribution is 5.71. The molecule has 0 aliphatic heterocycles. The van der Waals surface area contributed by atoms with Crippen molar-refractivity contribution >= 4 is 17.9 Å². The molecular weight excluding hydrogens is 1010 g/mol. The van der Waals surface area contributed by atoms with Crippen molar-refractivity contribution in [3.8, 4) is 0 Å². The maximum atomic E-state index is 12.9. The van der Waals surface area contributed by atoms with Gasteiger partial charge < -0.3 is 14.2 Å². The van der Waals surface area contributed by atoms with Gasteiger partial charge >= 0.3 is 17.9 Å². The highest BCUT2D eigenvalue weighted by Gasteiger charge is 2.19. The molecule has 0 heterocycles. The fourth-order valence-electron chi connectivity index (χ4n) is 10.1. The first-order valence-electron chi connectivity index (χ1n) is 35.2. The van der Waals surface area contributed by atoms with E-state index in [1.165, 1.54) is 186 Å². The lowest BCUT2D eigenvalue weighted by molar-refractivity contribution is -0.167. The van der Waals surface area contributed by atoms with Crippen molar-refractivity contribution in [3.63, 3.8) is 0 Å². The Hall–Kier alpha value is -3.67. The largest absolute Gasteiger partial charge is 0.462 e. The second-order valence-electron chi connectivity index (χ2n) is 23.4. The van der Waals surface area contributed by atoms with Gasteiger partial charge in [-0.15, -0.1) is 0 Å². The molecule has 0 radical (unpaired) electrons. The summed E-state index contributed by atoms with van der Waals surface area (Å²) in [5.74, 6) is -0.873. The number of rotatable bonds is 64. The average Bonchev–Trinajstić information content (AvgIpc) is 3.47. The SMILES string of the molecule is CC/C=C\C/C=C\C/C=C\C/C=C\CCCCCCCCCCCCCCCCCCCCC(=O)OCC(COC(=O)CCCCCCCCCCCCCCCC)OC(=O)CCCCCCCC/C=C\C/C=C\C/C=C\C/C=C\CC. The van der Waals surface area contributed by atoms with Crippen molar-refractivity contribution in [2.75, 3.05) is 13.2 Å². The van der Waals surface area contributed by atoms with E-state index in [1.54, 1.807) is 0 Å². The number of carbonyl (C=O) groups is 3. The van der Waals surface area contributed by atoms with Gasteiger partial charge in [-0.2, -0.15) is 0 Å². The highest BCUT2D eigenvalue weighted by Crippen LogP contribution is 2.18. The minimum Gasteiger partial charge on any atom is -0.462 e. The smallest absolute Gasteiger partial charge is 0.306 e. The van der Waals surface area contributed by atoms with E-state index >= 15 is 0 Å². The van der Waals surface area contributed by atoms with E-state index < -0.39 is 6.10 Å². The Labute approximate surface area is 508 Å². The molecule has 82 heavy (non-hydrogen) atoms. The van der Waals surface area contributed by atoms with Crippen LogP contribution in [0.5, 0.6) is 0 Å².